The van der Waals surface area contributed by atoms with Crippen molar-refractivity contribution in [1.82, 2.24) is 4.98 Å². The summed E-state index contributed by atoms with van der Waals surface area (Å²) in [6.45, 7) is 1.72. The molecular formula is C6H6FNO3S. The van der Waals surface area contributed by atoms with Crippen molar-refractivity contribution in [2.45, 2.75) is 6.92 Å². The first kappa shape index (κ1) is 8.92. The van der Waals surface area contributed by atoms with Crippen molar-refractivity contribution in [2.75, 3.05) is 0 Å². The largest absolute Gasteiger partial charge is 0.488 e. The number of nitrogens with zero attached hydrogens (tertiary/aromatic N) is 1. The van der Waals surface area contributed by atoms with Gasteiger partial charge in [0.15, 0.2) is 5.75 Å². The van der Waals surface area contributed by atoms with Gasteiger partial charge >= 0.3 is 10.5 Å². The fraction of sp³-hybridized carbons (Fsp3) is 0.167. The van der Waals surface area contributed by atoms with Gasteiger partial charge in [0.2, 0.25) is 0 Å². The van der Waals surface area contributed by atoms with Gasteiger partial charge in [-0.25, -0.2) is 0 Å². The van der Waals surface area contributed by atoms with Crippen LogP contribution in [0.25, 0.3) is 0 Å². The highest BCUT2D eigenvalue weighted by molar-refractivity contribution is 7.81. The molecule has 66 valence electrons. The predicted octanol–water partition coefficient (Wildman–Crippen LogP) is 0.983. The van der Waals surface area contributed by atoms with E-state index in [1.165, 1.54) is 12.1 Å². The first-order valence-corrected chi connectivity index (χ1v) is 4.35. The molecule has 0 spiro atoms. The smallest absolute Gasteiger partial charge is 0.357 e. The zero-order valence-corrected chi connectivity index (χ0v) is 7.01. The Morgan fingerprint density at radius 2 is 2.17 bits per heavy atom. The molecule has 12 heavy (non-hydrogen) atoms. The van der Waals surface area contributed by atoms with Crippen molar-refractivity contribution in [3.63, 3.8) is 0 Å². The molecule has 0 saturated heterocycles. The van der Waals surface area contributed by atoms with Crippen LogP contribution in [0.4, 0.5) is 3.89 Å². The van der Waals surface area contributed by atoms with Gasteiger partial charge in [0.1, 0.15) is 0 Å². The Labute approximate surface area is 69.4 Å². The van der Waals surface area contributed by atoms with E-state index in [9.17, 15) is 12.3 Å². The third-order valence-electron chi connectivity index (χ3n) is 1.08. The summed E-state index contributed by atoms with van der Waals surface area (Å²) in [6.07, 6.45) is 1.13. The van der Waals surface area contributed by atoms with Crippen LogP contribution in [-0.2, 0) is 10.5 Å². The van der Waals surface area contributed by atoms with Crippen molar-refractivity contribution in [2.24, 2.45) is 0 Å². The monoisotopic (exact) mass is 191 g/mol. The molecule has 0 aliphatic carbocycles. The Balaban J connectivity index is 2.85. The minimum atomic E-state index is -4.93. The molecule has 0 unspecified atom stereocenters. The summed E-state index contributed by atoms with van der Waals surface area (Å²) in [4.78, 5) is 3.71. The van der Waals surface area contributed by atoms with E-state index in [2.05, 4.69) is 9.17 Å². The lowest BCUT2D eigenvalue weighted by atomic mass is 10.4. The molecule has 0 amide bonds. The third kappa shape index (κ3) is 2.83. The van der Waals surface area contributed by atoms with E-state index in [1.54, 1.807) is 6.92 Å². The highest BCUT2D eigenvalue weighted by Crippen LogP contribution is 2.11. The average Bonchev–Trinajstić information content (AvgIpc) is 1.91. The van der Waals surface area contributed by atoms with Gasteiger partial charge in [-0.05, 0) is 19.1 Å². The molecule has 0 radical (unpaired) electrons. The standard InChI is InChI=1S/C6H6FNO3S/c1-5-2-3-6(4-8-5)11-12(7,9)10/h2-4H,1H3. The second kappa shape index (κ2) is 3.06. The topological polar surface area (TPSA) is 56.3 Å². The lowest BCUT2D eigenvalue weighted by Gasteiger charge is -1.98. The summed E-state index contributed by atoms with van der Waals surface area (Å²) >= 11 is 0. The van der Waals surface area contributed by atoms with Crippen LogP contribution < -0.4 is 4.18 Å². The van der Waals surface area contributed by atoms with E-state index in [0.717, 1.165) is 6.20 Å². The normalized spacial score (nSPS) is 11.2. The molecule has 0 fully saturated rings. The minimum absolute atomic E-state index is 0.136. The van der Waals surface area contributed by atoms with Crippen LogP contribution in [0.1, 0.15) is 5.69 Å². The van der Waals surface area contributed by atoms with Crippen molar-refractivity contribution < 1.29 is 16.5 Å². The number of pyridine rings is 1. The molecule has 0 atom stereocenters. The lowest BCUT2D eigenvalue weighted by Crippen LogP contribution is -2.01. The number of hydrogen-bond acceptors (Lipinski definition) is 4. The molecule has 6 heteroatoms. The fourth-order valence-corrected chi connectivity index (χ4v) is 0.947. The second-order valence-corrected chi connectivity index (χ2v) is 3.06. The minimum Gasteiger partial charge on any atom is -0.357 e. The van der Waals surface area contributed by atoms with E-state index >= 15 is 0 Å². The molecular weight excluding hydrogens is 185 g/mol. The van der Waals surface area contributed by atoms with Crippen LogP contribution in [-0.4, -0.2) is 13.4 Å². The summed E-state index contributed by atoms with van der Waals surface area (Å²) in [6, 6.07) is 2.83. The zero-order valence-electron chi connectivity index (χ0n) is 6.19. The predicted molar refractivity (Wildman–Crippen MR) is 39.6 cm³/mol. The first-order valence-electron chi connectivity index (χ1n) is 3.04. The molecule has 0 bridgehead atoms. The van der Waals surface area contributed by atoms with Gasteiger partial charge in [0, 0.05) is 5.69 Å². The third-order valence-corrected chi connectivity index (χ3v) is 1.47. The van der Waals surface area contributed by atoms with Crippen LogP contribution in [0, 0.1) is 6.92 Å². The van der Waals surface area contributed by atoms with E-state index in [0.29, 0.717) is 5.69 Å². The summed E-state index contributed by atoms with van der Waals surface area (Å²) in [5.74, 6) is -0.136. The van der Waals surface area contributed by atoms with E-state index < -0.39 is 10.5 Å². The van der Waals surface area contributed by atoms with Gasteiger partial charge < -0.3 is 4.18 Å². The zero-order chi connectivity index (χ0) is 9.19. The maximum Gasteiger partial charge on any atom is 0.488 e. The Morgan fingerprint density at radius 3 is 2.58 bits per heavy atom. The Morgan fingerprint density at radius 1 is 1.50 bits per heavy atom. The molecule has 0 N–H and O–H groups in total. The van der Waals surface area contributed by atoms with Gasteiger partial charge in [-0.15, -0.1) is 0 Å². The summed E-state index contributed by atoms with van der Waals surface area (Å²) in [5.41, 5.74) is 0.693. The Bertz CT molecular complexity index is 359. The number of hydrogen-bond donors (Lipinski definition) is 0. The van der Waals surface area contributed by atoms with Gasteiger partial charge in [-0.3, -0.25) is 4.98 Å². The first-order chi connectivity index (χ1) is 5.47. The van der Waals surface area contributed by atoms with E-state index in [1.807, 2.05) is 0 Å². The Kier molecular flexibility index (Phi) is 2.27. The summed E-state index contributed by atoms with van der Waals surface area (Å²) < 4.78 is 35.7. The maximum absolute atomic E-state index is 11.9. The van der Waals surface area contributed by atoms with Gasteiger partial charge in [0.05, 0.1) is 6.20 Å². The van der Waals surface area contributed by atoms with Gasteiger partial charge in [-0.1, -0.05) is 3.89 Å². The number of aromatic nitrogens is 1. The molecule has 0 aromatic carbocycles. The number of rotatable bonds is 2. The highest BCUT2D eigenvalue weighted by Gasteiger charge is 2.08. The molecule has 1 rings (SSSR count). The van der Waals surface area contributed by atoms with E-state index in [-0.39, 0.29) is 5.75 Å². The molecule has 0 aliphatic rings. The second-order valence-electron chi connectivity index (χ2n) is 2.11. The SMILES string of the molecule is Cc1ccc(OS(=O)(=O)F)cn1. The highest BCUT2D eigenvalue weighted by atomic mass is 32.3. The molecule has 0 aliphatic heterocycles. The summed E-state index contributed by atoms with van der Waals surface area (Å²) in [5, 5.41) is 0. The van der Waals surface area contributed by atoms with Crippen LogP contribution >= 0.6 is 0 Å². The van der Waals surface area contributed by atoms with Gasteiger partial charge in [-0.2, -0.15) is 8.42 Å². The molecule has 4 nitrogen and oxygen atoms in total. The van der Waals surface area contributed by atoms with Crippen molar-refractivity contribution >= 4 is 10.5 Å². The number of aryl methyl sites for hydroxylation is 1. The van der Waals surface area contributed by atoms with Crippen LogP contribution in [0.15, 0.2) is 18.3 Å². The average molecular weight is 191 g/mol. The van der Waals surface area contributed by atoms with Crippen LogP contribution in [0.3, 0.4) is 0 Å². The lowest BCUT2D eigenvalue weighted by molar-refractivity contribution is 0.439. The maximum atomic E-state index is 11.9. The molecule has 1 aromatic rings. The van der Waals surface area contributed by atoms with Crippen LogP contribution in [0.2, 0.25) is 0 Å². The quantitative estimate of drug-likeness (QED) is 0.654. The Hall–Kier alpha value is -1.17. The molecule has 1 aromatic heterocycles. The molecule has 1 heterocycles. The van der Waals surface area contributed by atoms with Crippen LogP contribution in [0.5, 0.6) is 5.75 Å². The molecule has 0 saturated carbocycles. The van der Waals surface area contributed by atoms with Gasteiger partial charge in [0.25, 0.3) is 0 Å². The van der Waals surface area contributed by atoms with Crippen molar-refractivity contribution in [3.05, 3.63) is 24.0 Å². The van der Waals surface area contributed by atoms with Crippen molar-refractivity contribution in [1.29, 1.82) is 0 Å². The van der Waals surface area contributed by atoms with Crippen molar-refractivity contribution in [3.8, 4) is 5.75 Å². The van der Waals surface area contributed by atoms with E-state index in [4.69, 9.17) is 0 Å². The fourth-order valence-electron chi connectivity index (χ4n) is 0.618. The summed E-state index contributed by atoms with van der Waals surface area (Å²) in [7, 11) is -4.93. The number of halogens is 1.